The molecule has 1 aliphatic carbocycles. The van der Waals surface area contributed by atoms with Gasteiger partial charge in [-0.1, -0.05) is 12.1 Å². The third-order valence-electron chi connectivity index (χ3n) is 3.81. The molecule has 23 heavy (non-hydrogen) atoms. The van der Waals surface area contributed by atoms with E-state index < -0.39 is 32.7 Å². The van der Waals surface area contributed by atoms with Gasteiger partial charge in [0.25, 0.3) is 0 Å². The van der Waals surface area contributed by atoms with E-state index in [4.69, 9.17) is 5.26 Å². The van der Waals surface area contributed by atoms with Crippen LogP contribution in [0.3, 0.4) is 0 Å². The van der Waals surface area contributed by atoms with E-state index in [0.29, 0.717) is 12.8 Å². The Bertz CT molecular complexity index is 730. The van der Waals surface area contributed by atoms with Crippen LogP contribution in [0.25, 0.3) is 0 Å². The lowest BCUT2D eigenvalue weighted by Gasteiger charge is -2.18. The number of nitrogens with zero attached hydrogens (tertiary/aromatic N) is 1. The van der Waals surface area contributed by atoms with Crippen LogP contribution >= 0.6 is 0 Å². The van der Waals surface area contributed by atoms with Gasteiger partial charge in [-0.25, -0.2) is 12.8 Å². The van der Waals surface area contributed by atoms with Crippen molar-refractivity contribution in [2.24, 2.45) is 5.92 Å². The first-order valence-electron chi connectivity index (χ1n) is 7.30. The third-order valence-corrected chi connectivity index (χ3v) is 5.39. The lowest BCUT2D eigenvalue weighted by Crippen LogP contribution is -2.47. The van der Waals surface area contributed by atoms with Crippen molar-refractivity contribution in [3.63, 3.8) is 0 Å². The van der Waals surface area contributed by atoms with Crippen molar-refractivity contribution >= 4 is 15.9 Å². The Morgan fingerprint density at radius 2 is 2.09 bits per heavy atom. The molecule has 0 saturated heterocycles. The Balaban J connectivity index is 1.98. The molecular weight excluding hydrogens is 321 g/mol. The molecule has 0 spiro atoms. The SMILES string of the molecule is C[C@H](NS(=O)(=O)c1ccccc1F)C(=O)N[C@@H]1CC[C@H](C#N)C1. The third kappa shape index (κ3) is 4.27. The summed E-state index contributed by atoms with van der Waals surface area (Å²) >= 11 is 0. The number of rotatable bonds is 5. The lowest BCUT2D eigenvalue weighted by molar-refractivity contribution is -0.123. The van der Waals surface area contributed by atoms with Crippen LogP contribution in [0.2, 0.25) is 0 Å². The quantitative estimate of drug-likeness (QED) is 0.844. The molecule has 1 amide bonds. The number of nitriles is 1. The topological polar surface area (TPSA) is 99.1 Å². The molecule has 0 aliphatic heterocycles. The summed E-state index contributed by atoms with van der Waals surface area (Å²) in [4.78, 5) is 11.6. The molecule has 0 unspecified atom stereocenters. The van der Waals surface area contributed by atoms with Gasteiger partial charge in [0, 0.05) is 12.0 Å². The molecule has 0 radical (unpaired) electrons. The molecule has 1 aromatic carbocycles. The summed E-state index contributed by atoms with van der Waals surface area (Å²) in [7, 11) is -4.12. The molecule has 1 aliphatic rings. The first kappa shape index (κ1) is 17.4. The number of halogens is 1. The van der Waals surface area contributed by atoms with E-state index in [1.54, 1.807) is 0 Å². The summed E-state index contributed by atoms with van der Waals surface area (Å²) < 4.78 is 40.0. The zero-order chi connectivity index (χ0) is 17.0. The number of sulfonamides is 1. The lowest BCUT2D eigenvalue weighted by atomic mass is 10.1. The molecule has 8 heteroatoms. The van der Waals surface area contributed by atoms with Gasteiger partial charge in [0.05, 0.1) is 12.1 Å². The maximum absolute atomic E-state index is 13.6. The number of nitrogens with one attached hydrogen (secondary N) is 2. The van der Waals surface area contributed by atoms with E-state index in [1.807, 2.05) is 0 Å². The minimum Gasteiger partial charge on any atom is -0.352 e. The molecule has 0 heterocycles. The van der Waals surface area contributed by atoms with E-state index in [2.05, 4.69) is 16.1 Å². The van der Waals surface area contributed by atoms with Crippen LogP contribution in [0, 0.1) is 23.1 Å². The fourth-order valence-electron chi connectivity index (χ4n) is 2.57. The predicted molar refractivity (Wildman–Crippen MR) is 81.1 cm³/mol. The monoisotopic (exact) mass is 339 g/mol. The maximum atomic E-state index is 13.6. The molecule has 2 N–H and O–H groups in total. The fourth-order valence-corrected chi connectivity index (χ4v) is 3.85. The standard InChI is InChI=1S/C15H18FN3O3S/c1-10(15(20)18-12-7-6-11(8-12)9-17)19-23(21,22)14-5-3-2-4-13(14)16/h2-5,10-12,19H,6-8H2,1H3,(H,18,20)/t10-,11-,12+/m0/s1. The van der Waals surface area contributed by atoms with Crippen molar-refractivity contribution in [1.82, 2.24) is 10.0 Å². The zero-order valence-corrected chi connectivity index (χ0v) is 13.4. The molecule has 2 rings (SSSR count). The van der Waals surface area contributed by atoms with E-state index in [9.17, 15) is 17.6 Å². The van der Waals surface area contributed by atoms with Gasteiger partial charge in [-0.2, -0.15) is 9.98 Å². The average Bonchev–Trinajstić information content (AvgIpc) is 2.94. The summed E-state index contributed by atoms with van der Waals surface area (Å²) in [5.74, 6) is -1.44. The molecule has 3 atom stereocenters. The largest absolute Gasteiger partial charge is 0.352 e. The smallest absolute Gasteiger partial charge is 0.244 e. The molecule has 124 valence electrons. The van der Waals surface area contributed by atoms with Gasteiger partial charge < -0.3 is 5.32 Å². The molecular formula is C15H18FN3O3S. The van der Waals surface area contributed by atoms with Crippen molar-refractivity contribution in [3.8, 4) is 6.07 Å². The Morgan fingerprint density at radius 3 is 2.70 bits per heavy atom. The van der Waals surface area contributed by atoms with E-state index >= 15 is 0 Å². The summed E-state index contributed by atoms with van der Waals surface area (Å²) in [6.45, 7) is 1.39. The number of benzene rings is 1. The number of amides is 1. The molecule has 0 aromatic heterocycles. The van der Waals surface area contributed by atoms with Crippen LogP contribution in [0.4, 0.5) is 4.39 Å². The minimum atomic E-state index is -4.12. The van der Waals surface area contributed by atoms with Crippen molar-refractivity contribution in [2.75, 3.05) is 0 Å². The average molecular weight is 339 g/mol. The first-order valence-corrected chi connectivity index (χ1v) is 8.78. The van der Waals surface area contributed by atoms with E-state index in [-0.39, 0.29) is 12.0 Å². The Hall–Kier alpha value is -1.98. The normalized spacial score (nSPS) is 22.3. The highest BCUT2D eigenvalue weighted by atomic mass is 32.2. The number of carbonyl (C=O) groups is 1. The highest BCUT2D eigenvalue weighted by Gasteiger charge is 2.29. The number of hydrogen-bond acceptors (Lipinski definition) is 4. The molecule has 1 saturated carbocycles. The predicted octanol–water partition coefficient (Wildman–Crippen LogP) is 1.30. The highest BCUT2D eigenvalue weighted by Crippen LogP contribution is 2.24. The van der Waals surface area contributed by atoms with Crippen LogP contribution in [0.15, 0.2) is 29.2 Å². The van der Waals surface area contributed by atoms with Crippen molar-refractivity contribution in [3.05, 3.63) is 30.1 Å². The summed E-state index contributed by atoms with van der Waals surface area (Å²) in [5, 5.41) is 11.6. The molecule has 0 bridgehead atoms. The molecule has 1 aromatic rings. The summed E-state index contributed by atoms with van der Waals surface area (Å²) in [6, 6.07) is 5.95. The highest BCUT2D eigenvalue weighted by molar-refractivity contribution is 7.89. The fraction of sp³-hybridized carbons (Fsp3) is 0.467. The zero-order valence-electron chi connectivity index (χ0n) is 12.6. The second-order valence-corrected chi connectivity index (χ2v) is 7.30. The molecule has 6 nitrogen and oxygen atoms in total. The van der Waals surface area contributed by atoms with Gasteiger partial charge in [0.2, 0.25) is 15.9 Å². The van der Waals surface area contributed by atoms with Crippen molar-refractivity contribution in [1.29, 1.82) is 5.26 Å². The van der Waals surface area contributed by atoms with E-state index in [1.165, 1.54) is 19.1 Å². The number of carbonyl (C=O) groups excluding carboxylic acids is 1. The second-order valence-electron chi connectivity index (χ2n) is 5.62. The second kappa shape index (κ2) is 7.06. The van der Waals surface area contributed by atoms with E-state index in [0.717, 1.165) is 18.6 Å². The summed E-state index contributed by atoms with van der Waals surface area (Å²) in [6.07, 6.45) is 1.97. The summed E-state index contributed by atoms with van der Waals surface area (Å²) in [5.41, 5.74) is 0. The Kier molecular flexibility index (Phi) is 5.34. The minimum absolute atomic E-state index is 0.0780. The van der Waals surface area contributed by atoms with Gasteiger partial charge in [-0.3, -0.25) is 4.79 Å². The van der Waals surface area contributed by atoms with Crippen LogP contribution < -0.4 is 10.0 Å². The van der Waals surface area contributed by atoms with Gasteiger partial charge in [0.1, 0.15) is 10.7 Å². The maximum Gasteiger partial charge on any atom is 0.244 e. The van der Waals surface area contributed by atoms with Crippen molar-refractivity contribution in [2.45, 2.75) is 43.2 Å². The van der Waals surface area contributed by atoms with Gasteiger partial charge in [-0.05, 0) is 38.3 Å². The van der Waals surface area contributed by atoms with Crippen molar-refractivity contribution < 1.29 is 17.6 Å². The van der Waals surface area contributed by atoms with Gasteiger partial charge >= 0.3 is 0 Å². The van der Waals surface area contributed by atoms with Crippen LogP contribution in [-0.2, 0) is 14.8 Å². The van der Waals surface area contributed by atoms with Crippen LogP contribution in [-0.4, -0.2) is 26.4 Å². The Labute approximate surface area is 134 Å². The van der Waals surface area contributed by atoms with Gasteiger partial charge in [0.15, 0.2) is 0 Å². The molecule has 1 fully saturated rings. The number of hydrogen-bond donors (Lipinski definition) is 2. The first-order chi connectivity index (χ1) is 10.8. The van der Waals surface area contributed by atoms with Gasteiger partial charge in [-0.15, -0.1) is 0 Å². The van der Waals surface area contributed by atoms with Crippen LogP contribution in [0.5, 0.6) is 0 Å². The van der Waals surface area contributed by atoms with Crippen LogP contribution in [0.1, 0.15) is 26.2 Å². The Morgan fingerprint density at radius 1 is 1.39 bits per heavy atom.